The summed E-state index contributed by atoms with van der Waals surface area (Å²) in [5, 5.41) is 0. The fourth-order valence-electron chi connectivity index (χ4n) is 4.51. The topological polar surface area (TPSA) is 32.8 Å². The lowest BCUT2D eigenvalue weighted by Crippen LogP contribution is -2.47. The molecule has 2 aliphatic heterocycles. The summed E-state index contributed by atoms with van der Waals surface area (Å²) in [6.07, 6.45) is 3.17. The molecule has 0 saturated carbocycles. The average molecular weight is 379 g/mol. The van der Waals surface area contributed by atoms with E-state index in [-0.39, 0.29) is 11.9 Å². The lowest BCUT2D eigenvalue weighted by Gasteiger charge is -2.36. The van der Waals surface area contributed by atoms with Gasteiger partial charge in [0.05, 0.1) is 6.61 Å². The Kier molecular flexibility index (Phi) is 5.40. The molecule has 4 rings (SSSR count). The van der Waals surface area contributed by atoms with Crippen LogP contribution in [0.4, 0.5) is 5.69 Å². The number of carbonyl (C=O) groups is 1. The van der Waals surface area contributed by atoms with Crippen LogP contribution in [0.2, 0.25) is 0 Å². The summed E-state index contributed by atoms with van der Waals surface area (Å²) in [6, 6.07) is 14.4. The first-order chi connectivity index (χ1) is 13.6. The molecule has 0 unspecified atom stereocenters. The molecule has 1 saturated heterocycles. The van der Waals surface area contributed by atoms with Crippen LogP contribution < -0.4 is 9.64 Å². The van der Waals surface area contributed by atoms with Crippen molar-refractivity contribution in [2.75, 3.05) is 31.6 Å². The molecule has 0 aromatic heterocycles. The second-order valence-electron chi connectivity index (χ2n) is 8.19. The highest BCUT2D eigenvalue weighted by Gasteiger charge is 2.44. The third kappa shape index (κ3) is 3.53. The fraction of sp³-hybridized carbons (Fsp3) is 0.458. The molecule has 0 aliphatic carbocycles. The number of ether oxygens (including phenoxy) is 1. The van der Waals surface area contributed by atoms with Gasteiger partial charge in [-0.1, -0.05) is 31.0 Å². The summed E-state index contributed by atoms with van der Waals surface area (Å²) in [7, 11) is 2.17. The molecule has 2 heterocycles. The zero-order chi connectivity index (χ0) is 19.7. The Hall–Kier alpha value is -2.33. The SMILES string of the molecule is CCCCOc1ccc(C(=O)N2c3ccc(C)cc3[C@H]3CN(C)CC[C@H]32)cc1. The molecule has 1 fully saturated rings. The Labute approximate surface area is 168 Å². The molecule has 4 nitrogen and oxygen atoms in total. The van der Waals surface area contributed by atoms with Gasteiger partial charge in [-0.05, 0) is 69.3 Å². The highest BCUT2D eigenvalue weighted by atomic mass is 16.5. The van der Waals surface area contributed by atoms with Crippen molar-refractivity contribution in [3.05, 3.63) is 59.2 Å². The summed E-state index contributed by atoms with van der Waals surface area (Å²) >= 11 is 0. The minimum Gasteiger partial charge on any atom is -0.494 e. The van der Waals surface area contributed by atoms with Crippen LogP contribution in [0.1, 0.15) is 53.6 Å². The first kappa shape index (κ1) is 19.0. The van der Waals surface area contributed by atoms with E-state index in [9.17, 15) is 4.79 Å². The number of hydrogen-bond donors (Lipinski definition) is 0. The summed E-state index contributed by atoms with van der Waals surface area (Å²) in [6.45, 7) is 7.04. The number of nitrogens with zero attached hydrogens (tertiary/aromatic N) is 2. The summed E-state index contributed by atoms with van der Waals surface area (Å²) in [4.78, 5) is 17.9. The number of fused-ring (bicyclic) bond motifs is 3. The molecule has 2 aromatic carbocycles. The predicted molar refractivity (Wildman–Crippen MR) is 113 cm³/mol. The molecule has 148 valence electrons. The van der Waals surface area contributed by atoms with Gasteiger partial charge in [0.25, 0.3) is 5.91 Å². The van der Waals surface area contributed by atoms with E-state index in [2.05, 4.69) is 48.9 Å². The van der Waals surface area contributed by atoms with Crippen molar-refractivity contribution < 1.29 is 9.53 Å². The van der Waals surface area contributed by atoms with Gasteiger partial charge in [0, 0.05) is 29.8 Å². The maximum Gasteiger partial charge on any atom is 0.258 e. The zero-order valence-electron chi connectivity index (χ0n) is 17.1. The highest BCUT2D eigenvalue weighted by molar-refractivity contribution is 6.08. The van der Waals surface area contributed by atoms with Gasteiger partial charge in [0.1, 0.15) is 5.75 Å². The van der Waals surface area contributed by atoms with Crippen LogP contribution >= 0.6 is 0 Å². The molecule has 28 heavy (non-hydrogen) atoms. The predicted octanol–water partition coefficient (Wildman–Crippen LogP) is 4.62. The van der Waals surface area contributed by atoms with E-state index in [0.29, 0.717) is 5.92 Å². The minimum absolute atomic E-state index is 0.0993. The normalized spacial score (nSPS) is 21.3. The number of rotatable bonds is 5. The van der Waals surface area contributed by atoms with Crippen molar-refractivity contribution in [3.63, 3.8) is 0 Å². The van der Waals surface area contributed by atoms with Crippen molar-refractivity contribution in [1.82, 2.24) is 4.90 Å². The summed E-state index contributed by atoms with van der Waals surface area (Å²) < 4.78 is 5.74. The number of benzene rings is 2. The number of unbranched alkanes of at least 4 members (excludes halogenated alkanes) is 1. The minimum atomic E-state index is 0.0993. The van der Waals surface area contributed by atoms with Crippen molar-refractivity contribution in [3.8, 4) is 5.75 Å². The molecule has 2 atom stereocenters. The van der Waals surface area contributed by atoms with Crippen LogP contribution in [0.25, 0.3) is 0 Å². The van der Waals surface area contributed by atoms with Gasteiger partial charge in [0.2, 0.25) is 0 Å². The number of likely N-dealkylation sites (N-methyl/N-ethyl adjacent to an activating group) is 1. The van der Waals surface area contributed by atoms with Crippen LogP contribution in [0.15, 0.2) is 42.5 Å². The molecule has 0 radical (unpaired) electrons. The molecular formula is C24H30N2O2. The first-order valence-electron chi connectivity index (χ1n) is 10.4. The molecule has 1 amide bonds. The van der Waals surface area contributed by atoms with Crippen molar-refractivity contribution >= 4 is 11.6 Å². The van der Waals surface area contributed by atoms with E-state index in [4.69, 9.17) is 4.74 Å². The third-order valence-electron chi connectivity index (χ3n) is 6.04. The quantitative estimate of drug-likeness (QED) is 0.712. The zero-order valence-corrected chi connectivity index (χ0v) is 17.1. The third-order valence-corrected chi connectivity index (χ3v) is 6.04. The summed E-state index contributed by atoms with van der Waals surface area (Å²) in [5.74, 6) is 1.33. The van der Waals surface area contributed by atoms with Crippen LogP contribution in [0, 0.1) is 6.92 Å². The number of hydrogen-bond acceptors (Lipinski definition) is 3. The molecule has 0 bridgehead atoms. The van der Waals surface area contributed by atoms with Crippen LogP contribution in [0.5, 0.6) is 5.75 Å². The lowest BCUT2D eigenvalue weighted by molar-refractivity contribution is 0.0964. The summed E-state index contributed by atoms with van der Waals surface area (Å²) in [5.41, 5.74) is 4.40. The van der Waals surface area contributed by atoms with E-state index in [1.54, 1.807) is 0 Å². The number of carbonyl (C=O) groups excluding carboxylic acids is 1. The smallest absolute Gasteiger partial charge is 0.258 e. The second kappa shape index (κ2) is 7.96. The standard InChI is InChI=1S/C24H30N2O2/c1-4-5-14-28-19-9-7-18(8-10-19)24(27)26-22-11-6-17(2)15-20(22)21-16-25(3)13-12-23(21)26/h6-11,15,21,23H,4-5,12-14,16H2,1-3H3/t21-,23-/m1/s1. The highest BCUT2D eigenvalue weighted by Crippen LogP contribution is 2.45. The van der Waals surface area contributed by atoms with Gasteiger partial charge in [0.15, 0.2) is 0 Å². The molecule has 0 spiro atoms. The molecule has 4 heteroatoms. The number of aryl methyl sites for hydroxylation is 1. The Morgan fingerprint density at radius 3 is 2.71 bits per heavy atom. The van der Waals surface area contributed by atoms with Crippen LogP contribution in [-0.2, 0) is 0 Å². The van der Waals surface area contributed by atoms with Gasteiger partial charge in [-0.3, -0.25) is 4.79 Å². The largest absolute Gasteiger partial charge is 0.494 e. The molecule has 0 N–H and O–H groups in total. The molecule has 2 aliphatic rings. The number of amides is 1. The number of piperidine rings is 1. The van der Waals surface area contributed by atoms with Crippen molar-refractivity contribution in [1.29, 1.82) is 0 Å². The fourth-order valence-corrected chi connectivity index (χ4v) is 4.51. The van der Waals surface area contributed by atoms with Crippen molar-refractivity contribution in [2.24, 2.45) is 0 Å². The van der Waals surface area contributed by atoms with E-state index in [1.807, 2.05) is 24.3 Å². The Morgan fingerprint density at radius 1 is 1.18 bits per heavy atom. The Balaban J connectivity index is 1.60. The Bertz CT molecular complexity index is 846. The average Bonchev–Trinajstić information content (AvgIpc) is 3.01. The monoisotopic (exact) mass is 378 g/mol. The van der Waals surface area contributed by atoms with E-state index >= 15 is 0 Å². The number of anilines is 1. The van der Waals surface area contributed by atoms with E-state index in [1.165, 1.54) is 11.1 Å². The van der Waals surface area contributed by atoms with Gasteiger partial charge < -0.3 is 14.5 Å². The first-order valence-corrected chi connectivity index (χ1v) is 10.4. The maximum absolute atomic E-state index is 13.5. The van der Waals surface area contributed by atoms with Crippen LogP contribution in [0.3, 0.4) is 0 Å². The molecular weight excluding hydrogens is 348 g/mol. The van der Waals surface area contributed by atoms with Gasteiger partial charge in [-0.15, -0.1) is 0 Å². The van der Waals surface area contributed by atoms with Crippen LogP contribution in [-0.4, -0.2) is 43.6 Å². The lowest BCUT2D eigenvalue weighted by atomic mass is 9.88. The van der Waals surface area contributed by atoms with Gasteiger partial charge in [-0.25, -0.2) is 0 Å². The molecule has 2 aromatic rings. The van der Waals surface area contributed by atoms with Gasteiger partial charge >= 0.3 is 0 Å². The Morgan fingerprint density at radius 2 is 1.96 bits per heavy atom. The van der Waals surface area contributed by atoms with Gasteiger partial charge in [-0.2, -0.15) is 0 Å². The van der Waals surface area contributed by atoms with E-state index < -0.39 is 0 Å². The maximum atomic E-state index is 13.5. The second-order valence-corrected chi connectivity index (χ2v) is 8.19. The van der Waals surface area contributed by atoms with E-state index in [0.717, 1.165) is 56.0 Å². The number of likely N-dealkylation sites (tertiary alicyclic amines) is 1. The van der Waals surface area contributed by atoms with Crippen molar-refractivity contribution in [2.45, 2.75) is 45.1 Å².